The van der Waals surface area contributed by atoms with E-state index in [4.69, 9.17) is 0 Å². The Hall–Kier alpha value is -2.39. The van der Waals surface area contributed by atoms with Gasteiger partial charge in [-0.1, -0.05) is 6.42 Å². The maximum atomic E-state index is 13.2. The number of thiazole rings is 1. The highest BCUT2D eigenvalue weighted by Gasteiger charge is 2.15. The van der Waals surface area contributed by atoms with Gasteiger partial charge < -0.3 is 10.2 Å². The molecule has 2 aromatic rings. The van der Waals surface area contributed by atoms with Crippen molar-refractivity contribution in [1.82, 2.24) is 15.2 Å². The summed E-state index contributed by atoms with van der Waals surface area (Å²) in [5.74, 6) is -3.06. The molecule has 3 rings (SSSR count). The predicted molar refractivity (Wildman–Crippen MR) is 99.0 cm³/mol. The molecule has 0 unspecified atom stereocenters. The molecule has 0 bridgehead atoms. The lowest BCUT2D eigenvalue weighted by atomic mass is 10.1. The lowest BCUT2D eigenvalue weighted by molar-refractivity contribution is 0.0941. The molecule has 1 aliphatic heterocycles. The number of anilines is 1. The summed E-state index contributed by atoms with van der Waals surface area (Å²) in [6.07, 6.45) is 3.66. The number of rotatable bonds is 6. The molecule has 1 aliphatic rings. The first-order valence-corrected chi connectivity index (χ1v) is 9.63. The van der Waals surface area contributed by atoms with Crippen LogP contribution in [0.25, 0.3) is 0 Å². The molecule has 2 amide bonds. The van der Waals surface area contributed by atoms with Gasteiger partial charge in [-0.05, 0) is 44.1 Å². The minimum atomic E-state index is -1.10. The summed E-state index contributed by atoms with van der Waals surface area (Å²) in [7, 11) is 0. The third-order valence-corrected chi connectivity index (χ3v) is 5.06. The fourth-order valence-corrected chi connectivity index (χ4v) is 3.53. The zero-order valence-corrected chi connectivity index (χ0v) is 15.5. The second kappa shape index (κ2) is 9.01. The molecule has 0 aliphatic carbocycles. The van der Waals surface area contributed by atoms with Gasteiger partial charge >= 0.3 is 0 Å². The van der Waals surface area contributed by atoms with E-state index in [1.165, 1.54) is 30.7 Å². The first kappa shape index (κ1) is 19.4. The summed E-state index contributed by atoms with van der Waals surface area (Å²) in [4.78, 5) is 30.6. The Morgan fingerprint density at radius 1 is 1.11 bits per heavy atom. The number of hydrogen-bond acceptors (Lipinski definition) is 5. The van der Waals surface area contributed by atoms with Crippen molar-refractivity contribution in [2.45, 2.75) is 19.3 Å². The van der Waals surface area contributed by atoms with E-state index < -0.39 is 17.5 Å². The normalized spacial score (nSPS) is 14.7. The van der Waals surface area contributed by atoms with Gasteiger partial charge in [0.2, 0.25) is 0 Å². The first-order chi connectivity index (χ1) is 13.0. The third kappa shape index (κ3) is 5.30. The molecule has 0 spiro atoms. The van der Waals surface area contributed by atoms with Crippen LogP contribution < -0.4 is 10.6 Å². The predicted octanol–water partition coefficient (Wildman–Crippen LogP) is 2.89. The largest absolute Gasteiger partial charge is 0.349 e. The van der Waals surface area contributed by atoms with E-state index in [-0.39, 0.29) is 22.3 Å². The van der Waals surface area contributed by atoms with Crippen LogP contribution in [0.4, 0.5) is 13.9 Å². The molecule has 1 saturated heterocycles. The van der Waals surface area contributed by atoms with Crippen molar-refractivity contribution in [3.63, 3.8) is 0 Å². The fourth-order valence-electron chi connectivity index (χ4n) is 2.84. The standard InChI is InChI=1S/C18H20F2N4O2S/c19-13-5-4-12(10-14(13)20)16(25)23-18-22-15(11-27-18)17(26)21-6-9-24-7-2-1-3-8-24/h4-5,10-11H,1-3,6-9H2,(H,21,26)(H,22,23,25). The minimum absolute atomic E-state index is 0.0309. The number of halogens is 2. The number of aromatic nitrogens is 1. The second-order valence-corrected chi connectivity index (χ2v) is 7.14. The van der Waals surface area contributed by atoms with Crippen molar-refractivity contribution in [3.05, 3.63) is 46.5 Å². The van der Waals surface area contributed by atoms with Crippen LogP contribution in [0.1, 0.15) is 40.1 Å². The van der Waals surface area contributed by atoms with Gasteiger partial charge in [0.05, 0.1) is 0 Å². The van der Waals surface area contributed by atoms with Gasteiger partial charge in [0.1, 0.15) is 5.69 Å². The Morgan fingerprint density at radius 3 is 2.63 bits per heavy atom. The highest BCUT2D eigenvalue weighted by atomic mass is 32.1. The maximum Gasteiger partial charge on any atom is 0.270 e. The Labute approximate surface area is 159 Å². The molecule has 0 atom stereocenters. The maximum absolute atomic E-state index is 13.2. The zero-order valence-electron chi connectivity index (χ0n) is 14.6. The lowest BCUT2D eigenvalue weighted by Gasteiger charge is -2.26. The smallest absolute Gasteiger partial charge is 0.270 e. The molecule has 27 heavy (non-hydrogen) atoms. The second-order valence-electron chi connectivity index (χ2n) is 6.28. The molecule has 9 heteroatoms. The highest BCUT2D eigenvalue weighted by Crippen LogP contribution is 2.17. The van der Waals surface area contributed by atoms with Gasteiger partial charge in [0, 0.05) is 24.0 Å². The van der Waals surface area contributed by atoms with Gasteiger partial charge in [-0.2, -0.15) is 0 Å². The molecule has 6 nitrogen and oxygen atoms in total. The number of nitrogens with zero attached hydrogens (tertiary/aromatic N) is 2. The molecule has 1 aromatic carbocycles. The van der Waals surface area contributed by atoms with E-state index in [1.807, 2.05) is 0 Å². The van der Waals surface area contributed by atoms with Crippen LogP contribution in [0.2, 0.25) is 0 Å². The van der Waals surface area contributed by atoms with Crippen LogP contribution in [0.3, 0.4) is 0 Å². The van der Waals surface area contributed by atoms with E-state index in [2.05, 4.69) is 20.5 Å². The number of amides is 2. The Balaban J connectivity index is 1.50. The van der Waals surface area contributed by atoms with Crippen molar-refractivity contribution in [1.29, 1.82) is 0 Å². The molecule has 0 radical (unpaired) electrons. The molecular weight excluding hydrogens is 374 g/mol. The number of benzene rings is 1. The molecule has 1 fully saturated rings. The number of carbonyl (C=O) groups is 2. The average molecular weight is 394 g/mol. The summed E-state index contributed by atoms with van der Waals surface area (Å²) < 4.78 is 26.2. The summed E-state index contributed by atoms with van der Waals surface area (Å²) in [5.41, 5.74) is 0.177. The first-order valence-electron chi connectivity index (χ1n) is 8.75. The molecular formula is C18H20F2N4O2S. The fraction of sp³-hybridized carbons (Fsp3) is 0.389. The van der Waals surface area contributed by atoms with Crippen LogP contribution in [-0.2, 0) is 0 Å². The van der Waals surface area contributed by atoms with Crippen LogP contribution in [0.15, 0.2) is 23.6 Å². The summed E-state index contributed by atoms with van der Waals surface area (Å²) in [5, 5.41) is 7.05. The van der Waals surface area contributed by atoms with Crippen LogP contribution in [-0.4, -0.2) is 47.9 Å². The SMILES string of the molecule is O=C(Nc1nc(C(=O)NCCN2CCCCC2)cs1)c1ccc(F)c(F)c1. The lowest BCUT2D eigenvalue weighted by Crippen LogP contribution is -2.37. The van der Waals surface area contributed by atoms with E-state index in [0.717, 1.165) is 43.1 Å². The average Bonchev–Trinajstić information content (AvgIpc) is 3.13. The van der Waals surface area contributed by atoms with Gasteiger partial charge in [-0.25, -0.2) is 13.8 Å². The van der Waals surface area contributed by atoms with Gasteiger partial charge in [-0.3, -0.25) is 14.9 Å². The van der Waals surface area contributed by atoms with Gasteiger partial charge in [0.15, 0.2) is 16.8 Å². The topological polar surface area (TPSA) is 74.3 Å². The van der Waals surface area contributed by atoms with Crippen molar-refractivity contribution in [2.24, 2.45) is 0 Å². The number of hydrogen-bond donors (Lipinski definition) is 2. The zero-order chi connectivity index (χ0) is 19.2. The number of carbonyl (C=O) groups excluding carboxylic acids is 2. The molecule has 2 heterocycles. The van der Waals surface area contributed by atoms with Crippen molar-refractivity contribution in [3.8, 4) is 0 Å². The van der Waals surface area contributed by atoms with Crippen LogP contribution in [0, 0.1) is 11.6 Å². The molecule has 1 aromatic heterocycles. The number of likely N-dealkylation sites (tertiary alicyclic amines) is 1. The van der Waals surface area contributed by atoms with Crippen molar-refractivity contribution >= 4 is 28.3 Å². The Bertz CT molecular complexity index is 821. The molecule has 0 saturated carbocycles. The number of piperidine rings is 1. The molecule has 2 N–H and O–H groups in total. The molecule has 144 valence electrons. The highest BCUT2D eigenvalue weighted by molar-refractivity contribution is 7.14. The van der Waals surface area contributed by atoms with Crippen molar-refractivity contribution < 1.29 is 18.4 Å². The van der Waals surface area contributed by atoms with E-state index >= 15 is 0 Å². The minimum Gasteiger partial charge on any atom is -0.349 e. The third-order valence-electron chi connectivity index (χ3n) is 4.30. The van der Waals surface area contributed by atoms with Crippen molar-refractivity contribution in [2.75, 3.05) is 31.5 Å². The van der Waals surface area contributed by atoms with Crippen LogP contribution >= 0.6 is 11.3 Å². The number of nitrogens with one attached hydrogen (secondary N) is 2. The van der Waals surface area contributed by atoms with E-state index in [9.17, 15) is 18.4 Å². The van der Waals surface area contributed by atoms with E-state index in [0.29, 0.717) is 6.54 Å². The summed E-state index contributed by atoms with van der Waals surface area (Å²) in [6.45, 7) is 3.46. The van der Waals surface area contributed by atoms with E-state index in [1.54, 1.807) is 0 Å². The summed E-state index contributed by atoms with van der Waals surface area (Å²) >= 11 is 1.09. The summed E-state index contributed by atoms with van der Waals surface area (Å²) in [6, 6.07) is 2.87. The Kier molecular flexibility index (Phi) is 6.46. The van der Waals surface area contributed by atoms with Gasteiger partial charge in [0.25, 0.3) is 11.8 Å². The van der Waals surface area contributed by atoms with Gasteiger partial charge in [-0.15, -0.1) is 11.3 Å². The van der Waals surface area contributed by atoms with Crippen LogP contribution in [0.5, 0.6) is 0 Å². The Morgan fingerprint density at radius 2 is 1.89 bits per heavy atom. The quantitative estimate of drug-likeness (QED) is 0.790. The monoisotopic (exact) mass is 394 g/mol.